The van der Waals surface area contributed by atoms with Gasteiger partial charge in [-0.25, -0.2) is 0 Å². The second kappa shape index (κ2) is 5.53. The lowest BCUT2D eigenvalue weighted by atomic mass is 10.1. The molecule has 2 rings (SSSR count). The Bertz CT molecular complexity index is 608. The fourth-order valence-electron chi connectivity index (χ4n) is 1.62. The fourth-order valence-corrected chi connectivity index (χ4v) is 1.73. The van der Waals surface area contributed by atoms with Crippen molar-refractivity contribution in [2.45, 2.75) is 6.92 Å². The largest absolute Gasteiger partial charge is 0.459 e. The van der Waals surface area contributed by atoms with Gasteiger partial charge in [0.25, 0.3) is 5.91 Å². The molecule has 0 aliphatic rings. The monoisotopic (exact) mass is 275 g/mol. The van der Waals surface area contributed by atoms with Gasteiger partial charge in [-0.2, -0.15) is 0 Å². The summed E-state index contributed by atoms with van der Waals surface area (Å²) in [5.41, 5.74) is 7.77. The van der Waals surface area contributed by atoms with E-state index in [0.717, 1.165) is 11.3 Å². The van der Waals surface area contributed by atoms with Crippen molar-refractivity contribution in [2.24, 2.45) is 5.73 Å². The van der Waals surface area contributed by atoms with Crippen LogP contribution < -0.4 is 16.4 Å². The molecule has 0 atom stereocenters. The predicted molar refractivity (Wildman–Crippen MR) is 78.2 cm³/mol. The molecule has 0 unspecified atom stereocenters. The molecular weight excluding hydrogens is 262 g/mol. The number of anilines is 2. The van der Waals surface area contributed by atoms with E-state index < -0.39 is 0 Å². The molecule has 1 heterocycles. The Labute approximate surface area is 115 Å². The van der Waals surface area contributed by atoms with Crippen molar-refractivity contribution in [3.05, 3.63) is 47.9 Å². The molecule has 0 radical (unpaired) electrons. The number of nitrogens with two attached hydrogens (primary N) is 1. The van der Waals surface area contributed by atoms with Crippen LogP contribution in [0.25, 0.3) is 0 Å². The van der Waals surface area contributed by atoms with Crippen molar-refractivity contribution < 1.29 is 9.21 Å². The number of furan rings is 1. The Morgan fingerprint density at radius 1 is 1.32 bits per heavy atom. The topological polar surface area (TPSA) is 80.3 Å². The number of hydrogen-bond acceptors (Lipinski definition) is 3. The molecule has 0 saturated carbocycles. The van der Waals surface area contributed by atoms with Gasteiger partial charge < -0.3 is 20.8 Å². The highest BCUT2D eigenvalue weighted by Gasteiger charge is 2.10. The molecule has 0 saturated heterocycles. The van der Waals surface area contributed by atoms with Gasteiger partial charge in [0.15, 0.2) is 10.9 Å². The van der Waals surface area contributed by atoms with Gasteiger partial charge in [-0.15, -0.1) is 0 Å². The van der Waals surface area contributed by atoms with E-state index in [2.05, 4.69) is 10.6 Å². The highest BCUT2D eigenvalue weighted by Crippen LogP contribution is 2.20. The lowest BCUT2D eigenvalue weighted by Gasteiger charge is -2.10. The predicted octanol–water partition coefficient (Wildman–Crippen LogP) is 2.50. The van der Waals surface area contributed by atoms with Crippen LogP contribution in [-0.4, -0.2) is 11.0 Å². The normalized spacial score (nSPS) is 9.95. The van der Waals surface area contributed by atoms with Crippen LogP contribution in [0.5, 0.6) is 0 Å². The summed E-state index contributed by atoms with van der Waals surface area (Å²) in [5.74, 6) is -0.0205. The number of carbonyl (C=O) groups is 1. The molecular formula is C13H13N3O2S. The second-order valence-electron chi connectivity index (χ2n) is 3.95. The molecule has 1 aromatic carbocycles. The zero-order chi connectivity index (χ0) is 13.8. The summed E-state index contributed by atoms with van der Waals surface area (Å²) in [6.45, 7) is 1.88. The van der Waals surface area contributed by atoms with Gasteiger partial charge in [0, 0.05) is 11.4 Å². The van der Waals surface area contributed by atoms with E-state index in [-0.39, 0.29) is 16.8 Å². The molecule has 2 aromatic rings. The third-order valence-corrected chi connectivity index (χ3v) is 2.59. The molecule has 0 spiro atoms. The van der Waals surface area contributed by atoms with Crippen LogP contribution in [0.1, 0.15) is 16.1 Å². The van der Waals surface area contributed by atoms with Crippen molar-refractivity contribution in [1.82, 2.24) is 0 Å². The number of amides is 1. The Kier molecular flexibility index (Phi) is 3.82. The lowest BCUT2D eigenvalue weighted by molar-refractivity contribution is 0.0996. The van der Waals surface area contributed by atoms with Crippen molar-refractivity contribution in [2.75, 3.05) is 10.6 Å². The van der Waals surface area contributed by atoms with E-state index in [1.165, 1.54) is 6.26 Å². The Morgan fingerprint density at radius 3 is 2.68 bits per heavy atom. The Balaban J connectivity index is 2.13. The van der Waals surface area contributed by atoms with Gasteiger partial charge in [-0.3, -0.25) is 4.79 Å². The Morgan fingerprint density at radius 2 is 2.11 bits per heavy atom. The smallest absolute Gasteiger partial charge is 0.291 e. The maximum atomic E-state index is 11.8. The summed E-state index contributed by atoms with van der Waals surface area (Å²) < 4.78 is 5.03. The van der Waals surface area contributed by atoms with Crippen LogP contribution in [-0.2, 0) is 0 Å². The van der Waals surface area contributed by atoms with Crippen LogP contribution in [0.4, 0.5) is 11.4 Å². The summed E-state index contributed by atoms with van der Waals surface area (Å²) >= 11 is 4.76. The highest BCUT2D eigenvalue weighted by molar-refractivity contribution is 7.80. The average molecular weight is 275 g/mol. The summed E-state index contributed by atoms with van der Waals surface area (Å²) in [4.78, 5) is 11.8. The standard InChI is InChI=1S/C13H13N3O2S/c1-8-7-9(15-13(14)19)4-5-10(8)16-12(17)11-3-2-6-18-11/h2-7H,1H3,(H,16,17)(H3,14,15,19). The van der Waals surface area contributed by atoms with Gasteiger partial charge in [-0.1, -0.05) is 0 Å². The highest BCUT2D eigenvalue weighted by atomic mass is 32.1. The molecule has 0 aliphatic heterocycles. The fraction of sp³-hybridized carbons (Fsp3) is 0.0769. The lowest BCUT2D eigenvalue weighted by Crippen LogP contribution is -2.19. The first-order chi connectivity index (χ1) is 9.06. The van der Waals surface area contributed by atoms with Gasteiger partial charge in [0.2, 0.25) is 0 Å². The third kappa shape index (κ3) is 3.32. The molecule has 4 N–H and O–H groups in total. The maximum absolute atomic E-state index is 11.8. The van der Waals surface area contributed by atoms with Crippen molar-refractivity contribution >= 4 is 34.6 Å². The van der Waals surface area contributed by atoms with Crippen LogP contribution in [0.3, 0.4) is 0 Å². The number of aryl methyl sites for hydroxylation is 1. The van der Waals surface area contributed by atoms with Crippen LogP contribution in [0.2, 0.25) is 0 Å². The first-order valence-corrected chi connectivity index (χ1v) is 5.99. The number of hydrogen-bond donors (Lipinski definition) is 3. The molecule has 5 nitrogen and oxygen atoms in total. The van der Waals surface area contributed by atoms with Crippen molar-refractivity contribution in [1.29, 1.82) is 0 Å². The van der Waals surface area contributed by atoms with Gasteiger partial charge >= 0.3 is 0 Å². The van der Waals surface area contributed by atoms with Crippen LogP contribution in [0.15, 0.2) is 41.0 Å². The molecule has 6 heteroatoms. The molecule has 0 bridgehead atoms. The molecule has 1 aromatic heterocycles. The minimum atomic E-state index is -0.289. The maximum Gasteiger partial charge on any atom is 0.291 e. The summed E-state index contributed by atoms with van der Waals surface area (Å²) in [6, 6.07) is 8.67. The number of thiocarbonyl (C=S) groups is 1. The third-order valence-electron chi connectivity index (χ3n) is 2.49. The van der Waals surface area contributed by atoms with Crippen LogP contribution in [0, 0.1) is 6.92 Å². The van der Waals surface area contributed by atoms with Gasteiger partial charge in [0.1, 0.15) is 0 Å². The zero-order valence-electron chi connectivity index (χ0n) is 10.3. The van der Waals surface area contributed by atoms with E-state index in [9.17, 15) is 4.79 Å². The summed E-state index contributed by atoms with van der Waals surface area (Å²) in [7, 11) is 0. The van der Waals surface area contributed by atoms with E-state index in [1.54, 1.807) is 24.3 Å². The molecule has 0 aliphatic carbocycles. The quantitative estimate of drug-likeness (QED) is 0.750. The van der Waals surface area contributed by atoms with E-state index in [1.807, 2.05) is 13.0 Å². The molecule has 1 amide bonds. The minimum Gasteiger partial charge on any atom is -0.459 e. The van der Waals surface area contributed by atoms with E-state index in [4.69, 9.17) is 22.4 Å². The van der Waals surface area contributed by atoms with Gasteiger partial charge in [0.05, 0.1) is 6.26 Å². The summed E-state index contributed by atoms with van der Waals surface area (Å²) in [5, 5.41) is 5.80. The number of rotatable bonds is 3. The van der Waals surface area contributed by atoms with Crippen molar-refractivity contribution in [3.8, 4) is 0 Å². The van der Waals surface area contributed by atoms with E-state index >= 15 is 0 Å². The second-order valence-corrected chi connectivity index (χ2v) is 4.39. The van der Waals surface area contributed by atoms with E-state index in [0.29, 0.717) is 5.69 Å². The number of nitrogens with one attached hydrogen (secondary N) is 2. The zero-order valence-corrected chi connectivity index (χ0v) is 11.1. The Hall–Kier alpha value is -2.34. The van der Waals surface area contributed by atoms with Crippen LogP contribution >= 0.6 is 12.2 Å². The SMILES string of the molecule is Cc1cc(NC(N)=S)ccc1NC(=O)c1ccco1. The number of carbonyl (C=O) groups excluding carboxylic acids is 1. The first kappa shape index (κ1) is 13.1. The minimum absolute atomic E-state index is 0.201. The van der Waals surface area contributed by atoms with Crippen molar-refractivity contribution in [3.63, 3.8) is 0 Å². The molecule has 98 valence electrons. The molecule has 19 heavy (non-hydrogen) atoms. The number of benzene rings is 1. The average Bonchev–Trinajstić information content (AvgIpc) is 2.85. The van der Waals surface area contributed by atoms with Gasteiger partial charge in [-0.05, 0) is 55.0 Å². The molecule has 0 fully saturated rings. The summed E-state index contributed by atoms with van der Waals surface area (Å²) in [6.07, 6.45) is 1.46. The first-order valence-electron chi connectivity index (χ1n) is 5.58.